The minimum absolute atomic E-state index is 0.770. The van der Waals surface area contributed by atoms with Crippen LogP contribution in [0, 0.1) is 0 Å². The first kappa shape index (κ1) is 10.5. The van der Waals surface area contributed by atoms with E-state index in [4.69, 9.17) is 0 Å². The monoisotopic (exact) mass is 244 g/mol. The third-order valence-corrected chi connectivity index (χ3v) is 3.27. The van der Waals surface area contributed by atoms with Gasteiger partial charge in [0.1, 0.15) is 0 Å². The van der Waals surface area contributed by atoms with E-state index in [0.717, 1.165) is 29.5 Å². The van der Waals surface area contributed by atoms with Crippen LogP contribution in [0.4, 0.5) is 0 Å². The van der Waals surface area contributed by atoms with E-state index in [9.17, 15) is 0 Å². The van der Waals surface area contributed by atoms with Gasteiger partial charge in [-0.1, -0.05) is 23.9 Å². The standard InChI is InChI=1S/C12H12N4S/c1-17-12-13-7-6-11(14-12)16-8-9-4-2-3-5-10(9)15-16/h2,4,6-8H,3,5H2,1H3. The molecular weight excluding hydrogens is 232 g/mol. The van der Waals surface area contributed by atoms with Crippen LogP contribution < -0.4 is 0 Å². The summed E-state index contributed by atoms with van der Waals surface area (Å²) in [6.07, 6.45) is 12.2. The van der Waals surface area contributed by atoms with Crippen LogP contribution in [0.5, 0.6) is 0 Å². The summed E-state index contributed by atoms with van der Waals surface area (Å²) < 4.78 is 1.84. The Morgan fingerprint density at radius 3 is 3.18 bits per heavy atom. The Balaban J connectivity index is 2.03. The maximum absolute atomic E-state index is 4.56. The zero-order valence-corrected chi connectivity index (χ0v) is 10.3. The van der Waals surface area contributed by atoms with Gasteiger partial charge in [0.05, 0.1) is 5.69 Å². The van der Waals surface area contributed by atoms with E-state index in [1.807, 2.05) is 23.2 Å². The van der Waals surface area contributed by atoms with Crippen molar-refractivity contribution in [3.05, 3.63) is 35.8 Å². The van der Waals surface area contributed by atoms with Gasteiger partial charge in [0.15, 0.2) is 11.0 Å². The van der Waals surface area contributed by atoms with Crippen LogP contribution in [0.3, 0.4) is 0 Å². The minimum atomic E-state index is 0.770. The largest absolute Gasteiger partial charge is 0.231 e. The molecule has 0 amide bonds. The number of hydrogen-bond acceptors (Lipinski definition) is 4. The molecule has 1 aliphatic carbocycles. The van der Waals surface area contributed by atoms with Crippen molar-refractivity contribution in [2.24, 2.45) is 0 Å². The van der Waals surface area contributed by atoms with Crippen molar-refractivity contribution in [3.63, 3.8) is 0 Å². The van der Waals surface area contributed by atoms with Crippen LogP contribution in [0.1, 0.15) is 17.7 Å². The average Bonchev–Trinajstić information content (AvgIpc) is 2.82. The van der Waals surface area contributed by atoms with Crippen molar-refractivity contribution in [1.29, 1.82) is 0 Å². The van der Waals surface area contributed by atoms with E-state index in [-0.39, 0.29) is 0 Å². The Labute approximate surface area is 104 Å². The Morgan fingerprint density at radius 1 is 1.41 bits per heavy atom. The van der Waals surface area contributed by atoms with E-state index in [2.05, 4.69) is 27.2 Å². The van der Waals surface area contributed by atoms with Crippen molar-refractivity contribution in [3.8, 4) is 5.82 Å². The molecular formula is C12H12N4S. The number of aryl methyl sites for hydroxylation is 1. The second-order valence-electron chi connectivity index (χ2n) is 3.82. The molecule has 86 valence electrons. The topological polar surface area (TPSA) is 43.6 Å². The van der Waals surface area contributed by atoms with Gasteiger partial charge in [-0.2, -0.15) is 5.10 Å². The fourth-order valence-corrected chi connectivity index (χ4v) is 2.21. The lowest BCUT2D eigenvalue weighted by molar-refractivity contribution is 0.779. The highest BCUT2D eigenvalue weighted by molar-refractivity contribution is 7.98. The molecule has 5 heteroatoms. The number of hydrogen-bond donors (Lipinski definition) is 0. The van der Waals surface area contributed by atoms with Crippen molar-refractivity contribution in [2.45, 2.75) is 18.0 Å². The zero-order chi connectivity index (χ0) is 11.7. The molecule has 0 bridgehead atoms. The first-order valence-corrected chi connectivity index (χ1v) is 6.72. The lowest BCUT2D eigenvalue weighted by Gasteiger charge is -2.01. The molecule has 0 N–H and O–H groups in total. The molecule has 0 aromatic carbocycles. The Kier molecular flexibility index (Phi) is 2.68. The molecule has 0 aliphatic heterocycles. The predicted octanol–water partition coefficient (Wildman–Crippen LogP) is 2.34. The second kappa shape index (κ2) is 4.33. The van der Waals surface area contributed by atoms with Gasteiger partial charge in [-0.3, -0.25) is 0 Å². The Morgan fingerprint density at radius 2 is 2.35 bits per heavy atom. The molecule has 0 saturated carbocycles. The lowest BCUT2D eigenvalue weighted by atomic mass is 10.1. The summed E-state index contributed by atoms with van der Waals surface area (Å²) >= 11 is 1.54. The van der Waals surface area contributed by atoms with Crippen LogP contribution in [0.25, 0.3) is 11.9 Å². The fraction of sp³-hybridized carbons (Fsp3) is 0.250. The molecule has 1 aliphatic rings. The summed E-state index contributed by atoms with van der Waals surface area (Å²) in [5.74, 6) is 0.826. The van der Waals surface area contributed by atoms with Gasteiger partial charge in [0.2, 0.25) is 0 Å². The van der Waals surface area contributed by atoms with E-state index in [1.165, 1.54) is 17.3 Å². The van der Waals surface area contributed by atoms with Gasteiger partial charge in [0, 0.05) is 24.0 Å². The minimum Gasteiger partial charge on any atom is -0.231 e. The van der Waals surface area contributed by atoms with Gasteiger partial charge < -0.3 is 0 Å². The molecule has 17 heavy (non-hydrogen) atoms. The average molecular weight is 244 g/mol. The molecule has 4 nitrogen and oxygen atoms in total. The van der Waals surface area contributed by atoms with Gasteiger partial charge in [-0.15, -0.1) is 0 Å². The van der Waals surface area contributed by atoms with E-state index in [1.54, 1.807) is 6.20 Å². The molecule has 0 atom stereocenters. The van der Waals surface area contributed by atoms with Gasteiger partial charge in [-0.25, -0.2) is 14.6 Å². The number of nitrogens with zero attached hydrogens (tertiary/aromatic N) is 4. The highest BCUT2D eigenvalue weighted by atomic mass is 32.2. The molecule has 0 unspecified atom stereocenters. The molecule has 0 spiro atoms. The quantitative estimate of drug-likeness (QED) is 0.601. The fourth-order valence-electron chi connectivity index (χ4n) is 1.86. The third kappa shape index (κ3) is 1.98. The third-order valence-electron chi connectivity index (χ3n) is 2.70. The van der Waals surface area contributed by atoms with Crippen LogP contribution in [-0.2, 0) is 6.42 Å². The van der Waals surface area contributed by atoms with Crippen molar-refractivity contribution in [2.75, 3.05) is 6.26 Å². The summed E-state index contributed by atoms with van der Waals surface area (Å²) in [4.78, 5) is 8.60. The molecule has 2 aromatic heterocycles. The highest BCUT2D eigenvalue weighted by Gasteiger charge is 2.11. The summed E-state index contributed by atoms with van der Waals surface area (Å²) in [5, 5.41) is 5.33. The maximum Gasteiger partial charge on any atom is 0.189 e. The first-order valence-electron chi connectivity index (χ1n) is 5.49. The van der Waals surface area contributed by atoms with E-state index >= 15 is 0 Å². The predicted molar refractivity (Wildman–Crippen MR) is 68.3 cm³/mol. The number of aromatic nitrogens is 4. The molecule has 0 radical (unpaired) electrons. The summed E-state index contributed by atoms with van der Waals surface area (Å²) in [6.45, 7) is 0. The Bertz CT molecular complexity index is 574. The van der Waals surface area contributed by atoms with Gasteiger partial charge >= 0.3 is 0 Å². The van der Waals surface area contributed by atoms with Crippen LogP contribution in [0.15, 0.2) is 29.7 Å². The van der Waals surface area contributed by atoms with Crippen LogP contribution >= 0.6 is 11.8 Å². The molecule has 0 saturated heterocycles. The maximum atomic E-state index is 4.56. The lowest BCUT2D eigenvalue weighted by Crippen LogP contribution is -2.00. The normalized spacial score (nSPS) is 13.7. The second-order valence-corrected chi connectivity index (χ2v) is 4.59. The highest BCUT2D eigenvalue weighted by Crippen LogP contribution is 2.19. The zero-order valence-electron chi connectivity index (χ0n) is 9.50. The van der Waals surface area contributed by atoms with Gasteiger partial charge in [-0.05, 0) is 19.1 Å². The molecule has 3 rings (SSSR count). The molecule has 0 fully saturated rings. The SMILES string of the molecule is CSc1nccc(-n2cc3c(n2)CCC=C3)n1. The van der Waals surface area contributed by atoms with Crippen molar-refractivity contribution < 1.29 is 0 Å². The van der Waals surface area contributed by atoms with E-state index < -0.39 is 0 Å². The van der Waals surface area contributed by atoms with Crippen LogP contribution in [0.2, 0.25) is 0 Å². The molecule has 2 heterocycles. The number of rotatable bonds is 2. The van der Waals surface area contributed by atoms with Crippen molar-refractivity contribution in [1.82, 2.24) is 19.7 Å². The first-order chi connectivity index (χ1) is 8.36. The Hall–Kier alpha value is -1.62. The number of thioether (sulfide) groups is 1. The molecule has 2 aromatic rings. The smallest absolute Gasteiger partial charge is 0.189 e. The summed E-state index contributed by atoms with van der Waals surface area (Å²) in [5.41, 5.74) is 2.34. The number of fused-ring (bicyclic) bond motifs is 1. The summed E-state index contributed by atoms with van der Waals surface area (Å²) in [6, 6.07) is 1.88. The van der Waals surface area contributed by atoms with E-state index in [0.29, 0.717) is 0 Å². The van der Waals surface area contributed by atoms with Crippen molar-refractivity contribution >= 4 is 17.8 Å². The van der Waals surface area contributed by atoms with Gasteiger partial charge in [0.25, 0.3) is 0 Å². The summed E-state index contributed by atoms with van der Waals surface area (Å²) in [7, 11) is 0. The number of allylic oxidation sites excluding steroid dienone is 1. The van der Waals surface area contributed by atoms with Crippen LogP contribution in [-0.4, -0.2) is 26.0 Å².